The van der Waals surface area contributed by atoms with Crippen LogP contribution < -0.4 is 0 Å². The molecule has 140 valence electrons. The standard InChI is InChI=1S/C26H19NOS/c1-29-26-21(16-27)25-19-14-15-28-22(19)13-12-20(25)23(17-8-4-2-5-9-17)24(26)18-10-6-3-7-11-18/h2-11,14-15H,12-13H2,1H3. The summed E-state index contributed by atoms with van der Waals surface area (Å²) in [5, 5.41) is 10.2. The number of nitriles is 1. The van der Waals surface area contributed by atoms with Crippen molar-refractivity contribution in [2.75, 3.05) is 6.26 Å². The molecule has 0 atom stereocenters. The van der Waals surface area contributed by atoms with Gasteiger partial charge in [0, 0.05) is 28.0 Å². The van der Waals surface area contributed by atoms with Crippen molar-refractivity contribution < 1.29 is 4.42 Å². The van der Waals surface area contributed by atoms with E-state index in [0.717, 1.165) is 51.3 Å². The number of fused-ring (bicyclic) bond motifs is 3. The molecule has 0 fully saturated rings. The average molecular weight is 394 g/mol. The van der Waals surface area contributed by atoms with Gasteiger partial charge in [-0.1, -0.05) is 60.7 Å². The van der Waals surface area contributed by atoms with Crippen molar-refractivity contribution >= 4 is 11.8 Å². The zero-order valence-corrected chi connectivity index (χ0v) is 16.9. The van der Waals surface area contributed by atoms with Crippen LogP contribution in [0, 0.1) is 11.3 Å². The van der Waals surface area contributed by atoms with Crippen molar-refractivity contribution in [2.24, 2.45) is 0 Å². The quantitative estimate of drug-likeness (QED) is 0.353. The Morgan fingerprint density at radius 2 is 1.48 bits per heavy atom. The molecule has 0 saturated heterocycles. The van der Waals surface area contributed by atoms with Gasteiger partial charge in [0.1, 0.15) is 11.8 Å². The molecule has 3 aromatic carbocycles. The zero-order chi connectivity index (χ0) is 19.8. The van der Waals surface area contributed by atoms with Gasteiger partial charge in [-0.3, -0.25) is 0 Å². The maximum atomic E-state index is 10.2. The minimum atomic E-state index is 0.758. The zero-order valence-electron chi connectivity index (χ0n) is 16.1. The van der Waals surface area contributed by atoms with Crippen LogP contribution in [0.25, 0.3) is 33.4 Å². The molecule has 0 saturated carbocycles. The van der Waals surface area contributed by atoms with Crippen LogP contribution in [-0.4, -0.2) is 6.26 Å². The van der Waals surface area contributed by atoms with E-state index in [1.165, 1.54) is 16.7 Å². The summed E-state index contributed by atoms with van der Waals surface area (Å²) in [6.07, 6.45) is 5.52. The molecule has 0 N–H and O–H groups in total. The molecule has 0 aliphatic heterocycles. The van der Waals surface area contributed by atoms with Gasteiger partial charge in [0.25, 0.3) is 0 Å². The predicted molar refractivity (Wildman–Crippen MR) is 119 cm³/mol. The third kappa shape index (κ3) is 2.80. The average Bonchev–Trinajstić information content (AvgIpc) is 3.27. The van der Waals surface area contributed by atoms with E-state index < -0.39 is 0 Å². The fourth-order valence-electron chi connectivity index (χ4n) is 4.44. The van der Waals surface area contributed by atoms with Gasteiger partial charge in [0.05, 0.1) is 11.8 Å². The molecular formula is C26H19NOS. The lowest BCUT2D eigenvalue weighted by Gasteiger charge is -2.26. The molecule has 0 radical (unpaired) electrons. The minimum absolute atomic E-state index is 0.758. The van der Waals surface area contributed by atoms with Gasteiger partial charge >= 0.3 is 0 Å². The van der Waals surface area contributed by atoms with Gasteiger partial charge in [-0.25, -0.2) is 0 Å². The number of hydrogen-bond acceptors (Lipinski definition) is 3. The topological polar surface area (TPSA) is 36.9 Å². The SMILES string of the molecule is CSc1c(C#N)c2c(c(-c3ccccc3)c1-c1ccccc1)CCc1occc1-2. The first kappa shape index (κ1) is 17.8. The molecule has 0 spiro atoms. The molecule has 29 heavy (non-hydrogen) atoms. The molecule has 0 bridgehead atoms. The number of rotatable bonds is 3. The van der Waals surface area contributed by atoms with Crippen molar-refractivity contribution in [3.05, 3.63) is 89.9 Å². The van der Waals surface area contributed by atoms with Crippen LogP contribution in [0.3, 0.4) is 0 Å². The fourth-order valence-corrected chi connectivity index (χ4v) is 5.21. The number of hydrogen-bond donors (Lipinski definition) is 0. The van der Waals surface area contributed by atoms with Crippen molar-refractivity contribution in [2.45, 2.75) is 17.7 Å². The number of benzene rings is 3. The van der Waals surface area contributed by atoms with Gasteiger partial charge in [0.15, 0.2) is 0 Å². The number of aryl methyl sites for hydroxylation is 1. The van der Waals surface area contributed by atoms with Crippen LogP contribution >= 0.6 is 11.8 Å². The Hall–Kier alpha value is -3.22. The highest BCUT2D eigenvalue weighted by atomic mass is 32.2. The first-order valence-electron chi connectivity index (χ1n) is 9.68. The highest BCUT2D eigenvalue weighted by molar-refractivity contribution is 7.98. The Labute approximate surface area is 174 Å². The summed E-state index contributed by atoms with van der Waals surface area (Å²) in [6.45, 7) is 0. The van der Waals surface area contributed by atoms with Crippen LogP contribution in [0.15, 0.2) is 82.3 Å². The monoisotopic (exact) mass is 393 g/mol. The Morgan fingerprint density at radius 1 is 0.828 bits per heavy atom. The van der Waals surface area contributed by atoms with Crippen molar-refractivity contribution in [3.8, 4) is 39.4 Å². The third-order valence-corrected chi connectivity index (χ3v) is 6.43. The van der Waals surface area contributed by atoms with E-state index in [1.54, 1.807) is 18.0 Å². The summed E-state index contributed by atoms with van der Waals surface area (Å²) in [5.41, 5.74) is 8.85. The van der Waals surface area contributed by atoms with Crippen LogP contribution in [-0.2, 0) is 12.8 Å². The van der Waals surface area contributed by atoms with Crippen LogP contribution in [0.4, 0.5) is 0 Å². The van der Waals surface area contributed by atoms with E-state index in [9.17, 15) is 5.26 Å². The van der Waals surface area contributed by atoms with Crippen LogP contribution in [0.2, 0.25) is 0 Å². The van der Waals surface area contributed by atoms with Crippen LogP contribution in [0.1, 0.15) is 16.9 Å². The van der Waals surface area contributed by atoms with Gasteiger partial charge in [-0.05, 0) is 41.0 Å². The van der Waals surface area contributed by atoms with Gasteiger partial charge in [-0.2, -0.15) is 5.26 Å². The normalized spacial score (nSPS) is 12.1. The number of nitrogens with zero attached hydrogens (tertiary/aromatic N) is 1. The van der Waals surface area contributed by atoms with E-state index in [1.807, 2.05) is 18.2 Å². The highest BCUT2D eigenvalue weighted by Gasteiger charge is 2.30. The summed E-state index contributed by atoms with van der Waals surface area (Å²) in [4.78, 5) is 1.03. The molecule has 4 aromatic rings. The minimum Gasteiger partial charge on any atom is -0.469 e. The second kappa shape index (κ2) is 7.31. The number of thioether (sulfide) groups is 1. The van der Waals surface area contributed by atoms with Crippen molar-refractivity contribution in [1.82, 2.24) is 0 Å². The Balaban J connectivity index is 1.98. The first-order chi connectivity index (χ1) is 14.3. The smallest absolute Gasteiger partial charge is 0.111 e. The molecule has 2 nitrogen and oxygen atoms in total. The highest BCUT2D eigenvalue weighted by Crippen LogP contribution is 2.50. The Bertz CT molecular complexity index is 1230. The Kier molecular flexibility index (Phi) is 4.50. The lowest BCUT2D eigenvalue weighted by atomic mass is 9.78. The summed E-state index contributed by atoms with van der Waals surface area (Å²) in [6, 6.07) is 25.5. The molecule has 0 amide bonds. The van der Waals surface area contributed by atoms with E-state index in [2.05, 4.69) is 60.9 Å². The van der Waals surface area contributed by atoms with E-state index in [0.29, 0.717) is 0 Å². The molecular weight excluding hydrogens is 374 g/mol. The first-order valence-corrected chi connectivity index (χ1v) is 10.9. The van der Waals surface area contributed by atoms with E-state index in [4.69, 9.17) is 4.42 Å². The summed E-state index contributed by atoms with van der Waals surface area (Å²) < 4.78 is 5.73. The van der Waals surface area contributed by atoms with Crippen molar-refractivity contribution in [1.29, 1.82) is 5.26 Å². The lowest BCUT2D eigenvalue weighted by molar-refractivity contribution is 0.507. The third-order valence-electron chi connectivity index (χ3n) is 5.62. The maximum absolute atomic E-state index is 10.2. The molecule has 1 aliphatic carbocycles. The van der Waals surface area contributed by atoms with E-state index >= 15 is 0 Å². The molecule has 0 unspecified atom stereocenters. The van der Waals surface area contributed by atoms with Crippen molar-refractivity contribution in [3.63, 3.8) is 0 Å². The second-order valence-electron chi connectivity index (χ2n) is 7.11. The molecule has 3 heteroatoms. The molecule has 1 aromatic heterocycles. The fraction of sp³-hybridized carbons (Fsp3) is 0.115. The van der Waals surface area contributed by atoms with Gasteiger partial charge in [0.2, 0.25) is 0 Å². The predicted octanol–water partition coefficient (Wildman–Crippen LogP) is 6.97. The van der Waals surface area contributed by atoms with Gasteiger partial charge < -0.3 is 4.42 Å². The summed E-state index contributed by atoms with van der Waals surface area (Å²) in [5.74, 6) is 0.979. The van der Waals surface area contributed by atoms with Crippen LogP contribution in [0.5, 0.6) is 0 Å². The van der Waals surface area contributed by atoms with E-state index in [-0.39, 0.29) is 0 Å². The summed E-state index contributed by atoms with van der Waals surface area (Å²) >= 11 is 1.65. The number of furan rings is 1. The van der Waals surface area contributed by atoms with Gasteiger partial charge in [-0.15, -0.1) is 11.8 Å². The summed E-state index contributed by atoms with van der Waals surface area (Å²) in [7, 11) is 0. The largest absolute Gasteiger partial charge is 0.469 e. The maximum Gasteiger partial charge on any atom is 0.111 e. The second-order valence-corrected chi connectivity index (χ2v) is 7.93. The molecule has 1 aliphatic rings. The molecule has 1 heterocycles. The Morgan fingerprint density at radius 3 is 2.10 bits per heavy atom. The lowest BCUT2D eigenvalue weighted by Crippen LogP contribution is -2.09. The molecule has 5 rings (SSSR count).